The average molecular weight is 904 g/mol. The fourth-order valence-electron chi connectivity index (χ4n) is 6.51. The molecule has 2 saturated heterocycles. The van der Waals surface area contributed by atoms with Gasteiger partial charge in [0.15, 0.2) is 5.75 Å². The lowest BCUT2D eigenvalue weighted by Crippen LogP contribution is -2.47. The van der Waals surface area contributed by atoms with E-state index in [2.05, 4.69) is 26.6 Å². The van der Waals surface area contributed by atoms with Crippen LogP contribution in [0.25, 0.3) is 10.9 Å². The number of benzene rings is 3. The molecular formula is C41H51ClFN7O13. The summed E-state index contributed by atoms with van der Waals surface area (Å²) in [5.41, 5.74) is 5.25. The number of aromatic amines is 1. The molecule has 4 aromatic rings. The number of H-pyrrole nitrogens is 1. The van der Waals surface area contributed by atoms with Crippen LogP contribution in [0, 0.1) is 5.82 Å². The van der Waals surface area contributed by atoms with Crippen LogP contribution in [0.15, 0.2) is 60.7 Å². The molecule has 1 aromatic heterocycles. The molecule has 63 heavy (non-hydrogen) atoms. The van der Waals surface area contributed by atoms with E-state index in [0.29, 0.717) is 126 Å². The third-order valence-electron chi connectivity index (χ3n) is 9.66. The van der Waals surface area contributed by atoms with E-state index in [1.165, 1.54) is 22.4 Å². The first-order valence-corrected chi connectivity index (χ1v) is 20.9. The van der Waals surface area contributed by atoms with E-state index in [9.17, 15) is 19.1 Å². The fraction of sp³-hybridized carbons (Fsp3) is 0.463. The number of nitrogens with one attached hydrogen (secondary N) is 5. The minimum Gasteiger partial charge on any atom is -0.380 e. The number of para-hydroxylation sites is 1. The predicted molar refractivity (Wildman–Crippen MR) is 223 cm³/mol. The van der Waals surface area contributed by atoms with E-state index >= 15 is 0 Å². The Balaban J connectivity index is 0.664. The lowest BCUT2D eigenvalue weighted by Gasteiger charge is -2.26. The summed E-state index contributed by atoms with van der Waals surface area (Å²) in [6, 6.07) is 16.5. The number of rotatable bonds is 25. The molecule has 2 fully saturated rings. The molecule has 7 rings (SSSR count). The third kappa shape index (κ3) is 13.3. The Morgan fingerprint density at radius 2 is 1.60 bits per heavy atom. The van der Waals surface area contributed by atoms with E-state index < -0.39 is 23.7 Å². The number of hydrogen-bond acceptors (Lipinski definition) is 17. The molecule has 6 N–H and O–H groups in total. The molecule has 0 aliphatic carbocycles. The van der Waals surface area contributed by atoms with Gasteiger partial charge in [0.2, 0.25) is 12.0 Å². The number of aliphatic hydroxyl groups is 1. The van der Waals surface area contributed by atoms with Crippen molar-refractivity contribution in [1.82, 2.24) is 26.5 Å². The number of fused-ring (bicyclic) bond motifs is 2. The molecule has 2 unspecified atom stereocenters. The number of hydroxylamine groups is 3. The van der Waals surface area contributed by atoms with E-state index in [4.69, 9.17) is 59.5 Å². The number of ether oxygens (including phenoxy) is 5. The lowest BCUT2D eigenvalue weighted by atomic mass is 10.1. The summed E-state index contributed by atoms with van der Waals surface area (Å²) in [5.74, 6) is -2.56. The van der Waals surface area contributed by atoms with Crippen molar-refractivity contribution < 1.29 is 67.0 Å². The molecule has 3 aromatic carbocycles. The van der Waals surface area contributed by atoms with Gasteiger partial charge in [-0.3, -0.25) is 24.3 Å². The number of carbonyl (C=O) groups is 2. The van der Waals surface area contributed by atoms with E-state index in [1.54, 1.807) is 24.3 Å². The summed E-state index contributed by atoms with van der Waals surface area (Å²) in [7, 11) is 0. The molecule has 2 amide bonds. The highest BCUT2D eigenvalue weighted by Gasteiger charge is 2.45. The second-order valence-corrected chi connectivity index (χ2v) is 14.7. The van der Waals surface area contributed by atoms with E-state index in [0.717, 1.165) is 17.1 Å². The molecule has 0 spiro atoms. The summed E-state index contributed by atoms with van der Waals surface area (Å²) in [5, 5.41) is 23.2. The van der Waals surface area contributed by atoms with Crippen LogP contribution < -0.4 is 36.3 Å². The monoisotopic (exact) mass is 903 g/mol. The van der Waals surface area contributed by atoms with Gasteiger partial charge in [-0.05, 0) is 60.2 Å². The Morgan fingerprint density at radius 1 is 0.873 bits per heavy atom. The first-order chi connectivity index (χ1) is 30.7. The zero-order valence-electron chi connectivity index (χ0n) is 34.4. The standard InChI is InChI=1S/C41H51ClFN7O13/c42-30-22-28(23-31(43)26-30)27-46-40(52)41(53)7-10-49(63-41)32-4-5-33-29(24-32)25-35(47-33)39(51)45-9-13-55-15-17-57-19-21-58-20-18-56-16-14-54-12-8-44-34-2-1-3-36-38(34)62-50(61-36)37-6-11-59-48-60-37/h1-5,22-26,37,44,47-48,53H,6-21,27H2,(H,45,51)(H,46,52). The van der Waals surface area contributed by atoms with Gasteiger partial charge in [0.05, 0.1) is 95.8 Å². The van der Waals surface area contributed by atoms with Gasteiger partial charge < -0.3 is 59.4 Å². The molecular weight excluding hydrogens is 853 g/mol. The van der Waals surface area contributed by atoms with Crippen LogP contribution in [0.1, 0.15) is 28.9 Å². The topological polar surface area (TPSA) is 217 Å². The summed E-state index contributed by atoms with van der Waals surface area (Å²) in [6.45, 7) is 5.61. The van der Waals surface area contributed by atoms with Crippen LogP contribution in [-0.4, -0.2) is 131 Å². The van der Waals surface area contributed by atoms with Gasteiger partial charge in [0, 0.05) is 48.4 Å². The summed E-state index contributed by atoms with van der Waals surface area (Å²) >= 11 is 5.89. The van der Waals surface area contributed by atoms with Gasteiger partial charge in [0.1, 0.15) is 11.5 Å². The molecule has 0 bridgehead atoms. The number of carbonyl (C=O) groups excluding carboxylic acids is 2. The lowest BCUT2D eigenvalue weighted by molar-refractivity contribution is -0.376. The number of hydrogen-bond donors (Lipinski definition) is 6. The zero-order valence-corrected chi connectivity index (χ0v) is 35.1. The maximum absolute atomic E-state index is 13.7. The Hall–Kier alpha value is -4.88. The SMILES string of the molecule is O=C(NCCOCCOCCOCCOCCOCCNc1cccc2c1ON(C1CCONO1)O2)c1cc2cc(N3CCC(O)(C(=O)NCc4cc(F)cc(Cl)c4)O3)ccc2[nH]1. The summed E-state index contributed by atoms with van der Waals surface area (Å²) < 4.78 is 41.5. The van der Waals surface area contributed by atoms with Crippen molar-refractivity contribution in [2.45, 2.75) is 31.4 Å². The minimum atomic E-state index is -2.11. The van der Waals surface area contributed by atoms with Crippen molar-refractivity contribution in [3.8, 4) is 11.5 Å². The van der Waals surface area contributed by atoms with Gasteiger partial charge in [-0.15, -0.1) is 0 Å². The second kappa shape index (κ2) is 23.2. The Bertz CT molecular complexity index is 2090. The molecule has 342 valence electrons. The van der Waals surface area contributed by atoms with Crippen LogP contribution in [0.4, 0.5) is 15.8 Å². The molecule has 0 radical (unpaired) electrons. The molecule has 3 aliphatic heterocycles. The highest BCUT2D eigenvalue weighted by Crippen LogP contribution is 2.41. The summed E-state index contributed by atoms with van der Waals surface area (Å²) in [4.78, 5) is 56.1. The van der Waals surface area contributed by atoms with Gasteiger partial charge in [-0.25, -0.2) is 9.23 Å². The maximum atomic E-state index is 13.7. The second-order valence-electron chi connectivity index (χ2n) is 14.3. The largest absolute Gasteiger partial charge is 0.380 e. The van der Waals surface area contributed by atoms with Crippen LogP contribution in [0.5, 0.6) is 11.5 Å². The van der Waals surface area contributed by atoms with Crippen molar-refractivity contribution in [3.63, 3.8) is 0 Å². The molecule has 3 aliphatic rings. The highest BCUT2D eigenvalue weighted by atomic mass is 35.5. The van der Waals surface area contributed by atoms with Gasteiger partial charge in [-0.1, -0.05) is 23.3 Å². The highest BCUT2D eigenvalue weighted by molar-refractivity contribution is 6.30. The molecule has 20 nitrogen and oxygen atoms in total. The fourth-order valence-corrected chi connectivity index (χ4v) is 6.75. The first-order valence-electron chi connectivity index (χ1n) is 20.5. The van der Waals surface area contributed by atoms with Gasteiger partial charge >= 0.3 is 0 Å². The normalized spacial score (nSPS) is 18.6. The number of nitrogens with zero attached hydrogens (tertiary/aromatic N) is 2. The molecule has 22 heteroatoms. The van der Waals surface area contributed by atoms with Crippen molar-refractivity contribution in [1.29, 1.82) is 0 Å². The van der Waals surface area contributed by atoms with Gasteiger partial charge in [0.25, 0.3) is 17.6 Å². The number of halogens is 2. The first kappa shape index (κ1) is 46.1. The van der Waals surface area contributed by atoms with Crippen LogP contribution in [0.3, 0.4) is 0 Å². The average Bonchev–Trinajstić information content (AvgIpc) is 4.04. The number of aromatic nitrogens is 1. The quantitative estimate of drug-likeness (QED) is 0.0527. The van der Waals surface area contributed by atoms with Crippen molar-refractivity contribution >= 4 is 45.7 Å². The van der Waals surface area contributed by atoms with Gasteiger partial charge in [-0.2, -0.15) is 0 Å². The van der Waals surface area contributed by atoms with Crippen molar-refractivity contribution in [2.24, 2.45) is 0 Å². The number of anilines is 2. The smallest absolute Gasteiger partial charge is 0.282 e. The van der Waals surface area contributed by atoms with E-state index in [1.807, 2.05) is 18.2 Å². The Morgan fingerprint density at radius 3 is 2.32 bits per heavy atom. The Kier molecular flexibility index (Phi) is 17.0. The molecule has 4 heterocycles. The van der Waals surface area contributed by atoms with Crippen LogP contribution in [-0.2, 0) is 49.5 Å². The van der Waals surface area contributed by atoms with Crippen LogP contribution in [0.2, 0.25) is 5.02 Å². The van der Waals surface area contributed by atoms with Crippen LogP contribution >= 0.6 is 11.6 Å². The molecule has 0 saturated carbocycles. The zero-order chi connectivity index (χ0) is 43.9. The third-order valence-corrected chi connectivity index (χ3v) is 9.88. The van der Waals surface area contributed by atoms with Crippen molar-refractivity contribution in [2.75, 3.05) is 103 Å². The number of amides is 2. The van der Waals surface area contributed by atoms with E-state index in [-0.39, 0.29) is 30.4 Å². The minimum absolute atomic E-state index is 0.00115. The van der Waals surface area contributed by atoms with Crippen molar-refractivity contribution in [3.05, 3.63) is 82.8 Å². The maximum Gasteiger partial charge on any atom is 0.282 e. The molecule has 2 atom stereocenters. The summed E-state index contributed by atoms with van der Waals surface area (Å²) in [6.07, 6.45) is 0.127. The Labute approximate surface area is 366 Å². The predicted octanol–water partition coefficient (Wildman–Crippen LogP) is 3.12.